The number of esters is 1. The Morgan fingerprint density at radius 2 is 1.83 bits per heavy atom. The van der Waals surface area contributed by atoms with Crippen LogP contribution in [0.5, 0.6) is 0 Å². The molecule has 0 spiro atoms. The zero-order chi connectivity index (χ0) is 21.2. The average Bonchev–Trinajstić information content (AvgIpc) is 3.02. The van der Waals surface area contributed by atoms with Crippen LogP contribution >= 0.6 is 0 Å². The molecule has 1 N–H and O–H groups in total. The first kappa shape index (κ1) is 21.0. The number of hydrogen-bond donors (Lipinski definition) is 1. The fourth-order valence-corrected chi connectivity index (χ4v) is 4.31. The van der Waals surface area contributed by atoms with Gasteiger partial charge >= 0.3 is 5.97 Å². The van der Waals surface area contributed by atoms with E-state index in [-0.39, 0.29) is 16.8 Å². The van der Waals surface area contributed by atoms with E-state index in [0.717, 1.165) is 23.2 Å². The van der Waals surface area contributed by atoms with Crippen LogP contribution in [0.1, 0.15) is 25.0 Å². The van der Waals surface area contributed by atoms with Crippen LogP contribution < -0.4 is 9.62 Å². The summed E-state index contributed by atoms with van der Waals surface area (Å²) in [5, 5.41) is 0. The Morgan fingerprint density at radius 1 is 1.17 bits per heavy atom. The summed E-state index contributed by atoms with van der Waals surface area (Å²) in [6.45, 7) is 4.71. The van der Waals surface area contributed by atoms with Gasteiger partial charge in [-0.15, -0.1) is 0 Å². The maximum atomic E-state index is 12.8. The van der Waals surface area contributed by atoms with Crippen molar-refractivity contribution in [2.75, 3.05) is 11.4 Å². The van der Waals surface area contributed by atoms with Crippen molar-refractivity contribution in [2.45, 2.75) is 44.2 Å². The molecule has 2 aromatic carbocycles. The van der Waals surface area contributed by atoms with Crippen LogP contribution in [0.2, 0.25) is 0 Å². The van der Waals surface area contributed by atoms with Crippen LogP contribution in [0.25, 0.3) is 0 Å². The van der Waals surface area contributed by atoms with E-state index in [1.165, 1.54) is 19.1 Å². The van der Waals surface area contributed by atoms with Gasteiger partial charge in [0.2, 0.25) is 10.0 Å². The molecule has 7 nitrogen and oxygen atoms in total. The molecule has 0 saturated heterocycles. The van der Waals surface area contributed by atoms with Gasteiger partial charge in [0.15, 0.2) is 6.10 Å². The fraction of sp³-hybridized carbons (Fsp3) is 0.333. The number of anilines is 1. The molecule has 3 rings (SSSR count). The second-order valence-electron chi connectivity index (χ2n) is 7.16. The second-order valence-corrected chi connectivity index (χ2v) is 8.93. The molecule has 154 valence electrons. The van der Waals surface area contributed by atoms with E-state index in [4.69, 9.17) is 4.74 Å². The van der Waals surface area contributed by atoms with Crippen molar-refractivity contribution in [1.82, 2.24) is 4.72 Å². The number of carbonyl (C=O) groups is 2. The molecule has 0 unspecified atom stereocenters. The molecule has 0 radical (unpaired) electrons. The van der Waals surface area contributed by atoms with E-state index in [2.05, 4.69) is 4.72 Å². The third-order valence-corrected chi connectivity index (χ3v) is 6.26. The van der Waals surface area contributed by atoms with Gasteiger partial charge in [-0.25, -0.2) is 8.42 Å². The molecule has 0 fully saturated rings. The third kappa shape index (κ3) is 4.65. The van der Waals surface area contributed by atoms with E-state index >= 15 is 0 Å². The summed E-state index contributed by atoms with van der Waals surface area (Å²) in [6.07, 6.45) is -0.293. The molecule has 1 heterocycles. The number of carbonyl (C=O) groups excluding carboxylic acids is 2. The molecule has 1 amide bonds. The highest BCUT2D eigenvalue weighted by molar-refractivity contribution is 7.89. The van der Waals surface area contributed by atoms with E-state index in [1.807, 2.05) is 38.1 Å². The quantitative estimate of drug-likeness (QED) is 0.729. The topological polar surface area (TPSA) is 92.8 Å². The molecule has 2 atom stereocenters. The van der Waals surface area contributed by atoms with E-state index in [9.17, 15) is 18.0 Å². The predicted molar refractivity (Wildman–Crippen MR) is 109 cm³/mol. The Bertz CT molecular complexity index is 1020. The zero-order valence-electron chi connectivity index (χ0n) is 16.6. The Kier molecular flexibility index (Phi) is 6.04. The van der Waals surface area contributed by atoms with Gasteiger partial charge in [0, 0.05) is 11.7 Å². The normalized spacial score (nSPS) is 16.9. The van der Waals surface area contributed by atoms with Gasteiger partial charge in [0.25, 0.3) is 5.91 Å². The first-order valence-electron chi connectivity index (χ1n) is 9.36. The lowest BCUT2D eigenvalue weighted by molar-refractivity contribution is -0.152. The Hall–Kier alpha value is -2.71. The number of para-hydroxylation sites is 1. The van der Waals surface area contributed by atoms with Crippen molar-refractivity contribution in [3.63, 3.8) is 0 Å². The number of rotatable bonds is 6. The van der Waals surface area contributed by atoms with Gasteiger partial charge < -0.3 is 9.64 Å². The fourth-order valence-electron chi connectivity index (χ4n) is 3.34. The number of amides is 1. The maximum absolute atomic E-state index is 12.8. The van der Waals surface area contributed by atoms with E-state index in [0.29, 0.717) is 0 Å². The van der Waals surface area contributed by atoms with Gasteiger partial charge in [0.1, 0.15) is 6.54 Å². The molecule has 0 aliphatic carbocycles. The van der Waals surface area contributed by atoms with Crippen molar-refractivity contribution in [3.05, 3.63) is 59.7 Å². The predicted octanol–water partition coefficient (Wildman–Crippen LogP) is 2.18. The molecule has 1 aliphatic rings. The highest BCUT2D eigenvalue weighted by Gasteiger charge is 2.34. The van der Waals surface area contributed by atoms with Crippen LogP contribution in [0.3, 0.4) is 0 Å². The van der Waals surface area contributed by atoms with Crippen molar-refractivity contribution in [1.29, 1.82) is 0 Å². The lowest BCUT2D eigenvalue weighted by Gasteiger charge is -2.26. The van der Waals surface area contributed by atoms with Crippen molar-refractivity contribution >= 4 is 27.6 Å². The van der Waals surface area contributed by atoms with Gasteiger partial charge in [-0.1, -0.05) is 35.9 Å². The zero-order valence-corrected chi connectivity index (χ0v) is 17.4. The summed E-state index contributed by atoms with van der Waals surface area (Å²) in [5.41, 5.74) is 2.80. The summed E-state index contributed by atoms with van der Waals surface area (Å²) in [7, 11) is -3.84. The molecule has 8 heteroatoms. The largest absolute Gasteiger partial charge is 0.452 e. The SMILES string of the molecule is Cc1ccc(S(=O)(=O)NCC(=O)O[C@@H](C)C(=O)N2c3ccccc3C[C@H]2C)cc1. The Balaban J connectivity index is 1.59. The van der Waals surface area contributed by atoms with E-state index < -0.39 is 28.6 Å². The number of nitrogens with zero attached hydrogens (tertiary/aromatic N) is 1. The summed E-state index contributed by atoms with van der Waals surface area (Å²) in [4.78, 5) is 26.6. The van der Waals surface area contributed by atoms with Crippen LogP contribution in [0.4, 0.5) is 5.69 Å². The highest BCUT2D eigenvalue weighted by Crippen LogP contribution is 2.32. The minimum absolute atomic E-state index is 0.0407. The number of hydrogen-bond acceptors (Lipinski definition) is 5. The van der Waals surface area contributed by atoms with Crippen LogP contribution in [0.15, 0.2) is 53.4 Å². The molecular formula is C21H24N2O5S. The maximum Gasteiger partial charge on any atom is 0.321 e. The number of benzene rings is 2. The molecule has 0 saturated carbocycles. The minimum Gasteiger partial charge on any atom is -0.452 e. The highest BCUT2D eigenvalue weighted by atomic mass is 32.2. The van der Waals surface area contributed by atoms with Crippen LogP contribution in [-0.2, 0) is 30.8 Å². The summed E-state index contributed by atoms with van der Waals surface area (Å²) >= 11 is 0. The monoisotopic (exact) mass is 416 g/mol. The van der Waals surface area contributed by atoms with Crippen molar-refractivity contribution in [2.24, 2.45) is 0 Å². The summed E-state index contributed by atoms with van der Waals surface area (Å²) in [6, 6.07) is 13.8. The van der Waals surface area contributed by atoms with Crippen molar-refractivity contribution in [3.8, 4) is 0 Å². The second kappa shape index (κ2) is 8.34. The van der Waals surface area contributed by atoms with Gasteiger partial charge in [0.05, 0.1) is 4.90 Å². The van der Waals surface area contributed by atoms with E-state index in [1.54, 1.807) is 17.0 Å². The number of ether oxygens (including phenoxy) is 1. The Labute approximate surface area is 170 Å². The average molecular weight is 416 g/mol. The standard InChI is InChI=1S/C21H24N2O5S/c1-14-8-10-18(11-9-14)29(26,27)22-13-20(24)28-16(3)21(25)23-15(2)12-17-6-4-5-7-19(17)23/h4-11,15-16,22H,12-13H2,1-3H3/t15-,16+/m1/s1. The summed E-state index contributed by atoms with van der Waals surface area (Å²) < 4.78 is 31.9. The minimum atomic E-state index is -3.84. The van der Waals surface area contributed by atoms with Crippen LogP contribution in [0, 0.1) is 6.92 Å². The van der Waals surface area contributed by atoms with Crippen LogP contribution in [-0.4, -0.2) is 39.0 Å². The Morgan fingerprint density at radius 3 is 2.52 bits per heavy atom. The molecule has 0 aromatic heterocycles. The molecule has 1 aliphatic heterocycles. The molecule has 0 bridgehead atoms. The first-order chi connectivity index (χ1) is 13.7. The molecule has 2 aromatic rings. The van der Waals surface area contributed by atoms with Crippen molar-refractivity contribution < 1.29 is 22.7 Å². The number of nitrogens with one attached hydrogen (secondary N) is 1. The number of aryl methyl sites for hydroxylation is 1. The number of sulfonamides is 1. The first-order valence-corrected chi connectivity index (χ1v) is 10.8. The summed E-state index contributed by atoms with van der Waals surface area (Å²) in [5.74, 6) is -1.15. The van der Waals surface area contributed by atoms with Gasteiger partial charge in [-0.05, 0) is 51.0 Å². The molecular weight excluding hydrogens is 392 g/mol. The lowest BCUT2D eigenvalue weighted by atomic mass is 10.1. The number of fused-ring (bicyclic) bond motifs is 1. The molecule has 29 heavy (non-hydrogen) atoms. The smallest absolute Gasteiger partial charge is 0.321 e. The third-order valence-electron chi connectivity index (χ3n) is 4.84. The van der Waals surface area contributed by atoms with Gasteiger partial charge in [-0.3, -0.25) is 9.59 Å². The lowest BCUT2D eigenvalue weighted by Crippen LogP contribution is -2.44. The van der Waals surface area contributed by atoms with Gasteiger partial charge in [-0.2, -0.15) is 4.72 Å².